The molecule has 3 fully saturated rings. The fourth-order valence-corrected chi connectivity index (χ4v) is 4.43. The summed E-state index contributed by atoms with van der Waals surface area (Å²) in [5, 5.41) is 0. The Morgan fingerprint density at radius 2 is 2.00 bits per heavy atom. The van der Waals surface area contributed by atoms with Gasteiger partial charge in [-0.25, -0.2) is 0 Å². The van der Waals surface area contributed by atoms with E-state index in [0.29, 0.717) is 24.4 Å². The van der Waals surface area contributed by atoms with Crippen LogP contribution in [0.3, 0.4) is 0 Å². The summed E-state index contributed by atoms with van der Waals surface area (Å²) < 4.78 is 5.65. The average Bonchev–Trinajstić information content (AvgIpc) is 2.92. The van der Waals surface area contributed by atoms with E-state index in [-0.39, 0.29) is 5.91 Å². The number of nitrogens with zero attached hydrogens (tertiary/aromatic N) is 3. The van der Waals surface area contributed by atoms with Gasteiger partial charge in [0.15, 0.2) is 0 Å². The van der Waals surface area contributed by atoms with Gasteiger partial charge in [-0.3, -0.25) is 14.6 Å². The van der Waals surface area contributed by atoms with Gasteiger partial charge >= 0.3 is 0 Å². The summed E-state index contributed by atoms with van der Waals surface area (Å²) >= 11 is 0. The lowest BCUT2D eigenvalue weighted by molar-refractivity contribution is -0.130. The second-order valence-electron chi connectivity index (χ2n) is 8.73. The molecule has 3 aliphatic rings. The number of piperidine rings is 1. The maximum absolute atomic E-state index is 12.2. The van der Waals surface area contributed by atoms with Crippen molar-refractivity contribution in [3.63, 3.8) is 0 Å². The maximum Gasteiger partial charge on any atom is 0.236 e. The third-order valence-electron chi connectivity index (χ3n) is 6.10. The Hall–Kier alpha value is -1.59. The van der Waals surface area contributed by atoms with E-state index in [1.54, 1.807) is 12.0 Å². The molecule has 1 aromatic rings. The highest BCUT2D eigenvalue weighted by Gasteiger charge is 2.35. The number of likely N-dealkylation sites (N-methyl/N-ethyl adjacent to an activating group) is 1. The molecule has 3 heterocycles. The van der Waals surface area contributed by atoms with Gasteiger partial charge in [0.2, 0.25) is 5.91 Å². The summed E-state index contributed by atoms with van der Waals surface area (Å²) in [6, 6.07) is 7.13. The maximum atomic E-state index is 12.2. The van der Waals surface area contributed by atoms with Crippen molar-refractivity contribution < 1.29 is 9.53 Å². The summed E-state index contributed by atoms with van der Waals surface area (Å²) in [5.74, 6) is 2.36. The standard InChI is InChI=1S/C22H35N3O2/c1-16(2)18-7-9-21(27-5)19(10-18)13-25-12-17-6-8-20(25)14-24(11-17)15-22(26)23(3)4/h7,9-10,16-17,20H,6,8,11-15H2,1-5H3/t17-,20+/m0/s1. The van der Waals surface area contributed by atoms with Gasteiger partial charge in [0.05, 0.1) is 13.7 Å². The van der Waals surface area contributed by atoms with Gasteiger partial charge in [0.1, 0.15) is 5.75 Å². The van der Waals surface area contributed by atoms with Crippen LogP contribution in [0.25, 0.3) is 0 Å². The van der Waals surface area contributed by atoms with Crippen molar-refractivity contribution in [2.45, 2.75) is 45.2 Å². The Balaban J connectivity index is 1.73. The first kappa shape index (κ1) is 20.2. The van der Waals surface area contributed by atoms with Gasteiger partial charge in [0.25, 0.3) is 0 Å². The quantitative estimate of drug-likeness (QED) is 0.768. The van der Waals surface area contributed by atoms with Crippen LogP contribution in [0.2, 0.25) is 0 Å². The third kappa shape index (κ3) is 4.82. The SMILES string of the molecule is COc1ccc(C(C)C)cc1CN1C[C@H]2CC[C@@H]1CN(CC(=O)N(C)C)C2. The molecule has 0 saturated carbocycles. The lowest BCUT2D eigenvalue weighted by Crippen LogP contribution is -2.44. The molecule has 1 aromatic carbocycles. The van der Waals surface area contributed by atoms with Crippen molar-refractivity contribution in [3.05, 3.63) is 29.3 Å². The molecule has 0 unspecified atom stereocenters. The van der Waals surface area contributed by atoms with Crippen LogP contribution in [0.4, 0.5) is 0 Å². The number of fused-ring (bicyclic) bond motifs is 4. The van der Waals surface area contributed by atoms with E-state index in [4.69, 9.17) is 4.74 Å². The van der Waals surface area contributed by atoms with E-state index in [1.165, 1.54) is 24.0 Å². The minimum absolute atomic E-state index is 0.203. The number of amides is 1. The predicted molar refractivity (Wildman–Crippen MR) is 109 cm³/mol. The minimum atomic E-state index is 0.203. The van der Waals surface area contributed by atoms with Gasteiger partial charge in [-0.15, -0.1) is 0 Å². The second kappa shape index (κ2) is 8.61. The minimum Gasteiger partial charge on any atom is -0.496 e. The summed E-state index contributed by atoms with van der Waals surface area (Å²) in [6.07, 6.45) is 2.50. The molecule has 3 saturated heterocycles. The van der Waals surface area contributed by atoms with Crippen molar-refractivity contribution >= 4 is 5.91 Å². The number of rotatable bonds is 6. The molecule has 5 nitrogen and oxygen atoms in total. The van der Waals surface area contributed by atoms with E-state index in [0.717, 1.165) is 31.9 Å². The van der Waals surface area contributed by atoms with Crippen LogP contribution in [0.5, 0.6) is 5.75 Å². The molecule has 2 bridgehead atoms. The molecular formula is C22H35N3O2. The van der Waals surface area contributed by atoms with Crippen LogP contribution in [0.15, 0.2) is 18.2 Å². The highest BCUT2D eigenvalue weighted by atomic mass is 16.5. The number of carbonyl (C=O) groups is 1. The van der Waals surface area contributed by atoms with Gasteiger partial charge < -0.3 is 9.64 Å². The van der Waals surface area contributed by atoms with Crippen molar-refractivity contribution in [3.8, 4) is 5.75 Å². The predicted octanol–water partition coefficient (Wildman–Crippen LogP) is 2.80. The second-order valence-corrected chi connectivity index (χ2v) is 8.73. The molecule has 27 heavy (non-hydrogen) atoms. The summed E-state index contributed by atoms with van der Waals surface area (Å²) in [5.41, 5.74) is 2.65. The molecule has 3 aliphatic heterocycles. The fraction of sp³-hybridized carbons (Fsp3) is 0.682. The molecule has 2 atom stereocenters. The number of methoxy groups -OCH3 is 1. The van der Waals surface area contributed by atoms with Crippen LogP contribution >= 0.6 is 0 Å². The lowest BCUT2D eigenvalue weighted by Gasteiger charge is -2.36. The molecule has 4 rings (SSSR count). The molecule has 0 aromatic heterocycles. The highest BCUT2D eigenvalue weighted by molar-refractivity contribution is 5.77. The molecule has 1 amide bonds. The van der Waals surface area contributed by atoms with Crippen LogP contribution in [0.1, 0.15) is 43.7 Å². The molecule has 0 N–H and O–H groups in total. The van der Waals surface area contributed by atoms with Gasteiger partial charge in [-0.05, 0) is 36.3 Å². The topological polar surface area (TPSA) is 36.0 Å². The third-order valence-corrected chi connectivity index (χ3v) is 6.10. The number of hydrogen-bond acceptors (Lipinski definition) is 4. The highest BCUT2D eigenvalue weighted by Crippen LogP contribution is 2.32. The zero-order chi connectivity index (χ0) is 19.6. The summed E-state index contributed by atoms with van der Waals surface area (Å²) in [6.45, 7) is 9.09. The Kier molecular flexibility index (Phi) is 6.43. The zero-order valence-electron chi connectivity index (χ0n) is 17.6. The fourth-order valence-electron chi connectivity index (χ4n) is 4.43. The number of benzene rings is 1. The average molecular weight is 374 g/mol. The van der Waals surface area contributed by atoms with Gasteiger partial charge in [-0.2, -0.15) is 0 Å². The first-order valence-electron chi connectivity index (χ1n) is 10.2. The lowest BCUT2D eigenvalue weighted by atomic mass is 9.93. The summed E-state index contributed by atoms with van der Waals surface area (Å²) in [4.78, 5) is 18.9. The Labute approximate surface area is 164 Å². The molecule has 0 radical (unpaired) electrons. The largest absolute Gasteiger partial charge is 0.496 e. The molecular weight excluding hydrogens is 338 g/mol. The van der Waals surface area contributed by atoms with Crippen LogP contribution < -0.4 is 4.74 Å². The van der Waals surface area contributed by atoms with Crippen LogP contribution in [-0.4, -0.2) is 74.0 Å². The molecule has 0 spiro atoms. The van der Waals surface area contributed by atoms with Crippen molar-refractivity contribution in [1.29, 1.82) is 0 Å². The van der Waals surface area contributed by atoms with E-state index in [2.05, 4.69) is 41.8 Å². The molecule has 5 heteroatoms. The van der Waals surface area contributed by atoms with Crippen molar-refractivity contribution in [2.75, 3.05) is 47.4 Å². The molecule has 0 aliphatic carbocycles. The Morgan fingerprint density at radius 1 is 1.22 bits per heavy atom. The first-order chi connectivity index (χ1) is 12.9. The van der Waals surface area contributed by atoms with Crippen LogP contribution in [-0.2, 0) is 11.3 Å². The Morgan fingerprint density at radius 3 is 2.67 bits per heavy atom. The monoisotopic (exact) mass is 373 g/mol. The van der Waals surface area contributed by atoms with E-state index >= 15 is 0 Å². The van der Waals surface area contributed by atoms with E-state index in [9.17, 15) is 4.79 Å². The van der Waals surface area contributed by atoms with Gasteiger partial charge in [0, 0.05) is 51.9 Å². The molecule has 150 valence electrons. The van der Waals surface area contributed by atoms with E-state index in [1.807, 2.05) is 14.1 Å². The number of carbonyl (C=O) groups excluding carboxylic acids is 1. The number of hydrogen-bond donors (Lipinski definition) is 0. The smallest absolute Gasteiger partial charge is 0.236 e. The summed E-state index contributed by atoms with van der Waals surface area (Å²) in [7, 11) is 5.45. The Bertz CT molecular complexity index is 659. The normalized spacial score (nSPS) is 23.5. The number of ether oxygens (including phenoxy) is 1. The van der Waals surface area contributed by atoms with E-state index < -0.39 is 0 Å². The van der Waals surface area contributed by atoms with Crippen molar-refractivity contribution in [2.24, 2.45) is 5.92 Å². The van der Waals surface area contributed by atoms with Gasteiger partial charge in [-0.1, -0.05) is 26.0 Å². The zero-order valence-corrected chi connectivity index (χ0v) is 17.6. The van der Waals surface area contributed by atoms with Crippen LogP contribution in [0, 0.1) is 5.92 Å². The van der Waals surface area contributed by atoms with Crippen molar-refractivity contribution in [1.82, 2.24) is 14.7 Å². The first-order valence-corrected chi connectivity index (χ1v) is 10.2.